The molecule has 0 atom stereocenters. The van der Waals surface area contributed by atoms with Gasteiger partial charge in [-0.1, -0.05) is 20.3 Å². The number of hydrogen-bond acceptors (Lipinski definition) is 3. The molecule has 96 valence electrons. The van der Waals surface area contributed by atoms with Crippen LogP contribution in [0.25, 0.3) is 0 Å². The average molecular weight is 255 g/mol. The zero-order valence-corrected chi connectivity index (χ0v) is 11.6. The highest BCUT2D eigenvalue weighted by Crippen LogP contribution is 2.05. The van der Waals surface area contributed by atoms with E-state index in [2.05, 4.69) is 24.3 Å². The van der Waals surface area contributed by atoms with Crippen LogP contribution in [0.1, 0.15) is 36.5 Å². The van der Waals surface area contributed by atoms with Gasteiger partial charge in [-0.05, 0) is 18.2 Å². The highest BCUT2D eigenvalue weighted by Gasteiger charge is 2.11. The third-order valence-electron chi connectivity index (χ3n) is 2.41. The van der Waals surface area contributed by atoms with Crippen LogP contribution in [0.15, 0.2) is 6.07 Å². The van der Waals surface area contributed by atoms with Gasteiger partial charge in [-0.25, -0.2) is 0 Å². The van der Waals surface area contributed by atoms with Crippen molar-refractivity contribution < 1.29 is 4.79 Å². The maximum atomic E-state index is 11.9. The van der Waals surface area contributed by atoms with Gasteiger partial charge in [0, 0.05) is 19.3 Å². The van der Waals surface area contributed by atoms with Crippen molar-refractivity contribution in [2.45, 2.75) is 26.7 Å². The third-order valence-corrected chi connectivity index (χ3v) is 3.31. The molecule has 0 fully saturated rings. The number of thioether (sulfide) groups is 1. The van der Waals surface area contributed by atoms with Crippen molar-refractivity contribution in [2.24, 2.45) is 7.05 Å². The molecule has 0 aliphatic carbocycles. The van der Waals surface area contributed by atoms with E-state index in [1.165, 1.54) is 0 Å². The molecule has 1 aromatic heterocycles. The molecule has 0 spiro atoms. The lowest BCUT2D eigenvalue weighted by atomic mass is 10.2. The fraction of sp³-hybridized carbons (Fsp3) is 0.667. The predicted octanol–water partition coefficient (Wildman–Crippen LogP) is 1.86. The molecule has 0 saturated heterocycles. The highest BCUT2D eigenvalue weighted by atomic mass is 32.2. The summed E-state index contributed by atoms with van der Waals surface area (Å²) in [4.78, 5) is 11.9. The van der Waals surface area contributed by atoms with Gasteiger partial charge in [-0.3, -0.25) is 9.48 Å². The smallest absolute Gasteiger partial charge is 0.269 e. The van der Waals surface area contributed by atoms with E-state index < -0.39 is 0 Å². The van der Waals surface area contributed by atoms with Crippen molar-refractivity contribution in [1.82, 2.24) is 15.1 Å². The molecule has 0 saturated carbocycles. The van der Waals surface area contributed by atoms with Gasteiger partial charge in [-0.2, -0.15) is 16.9 Å². The molecule has 1 rings (SSSR count). The van der Waals surface area contributed by atoms with Gasteiger partial charge in [0.25, 0.3) is 5.91 Å². The summed E-state index contributed by atoms with van der Waals surface area (Å²) in [6.45, 7) is 4.94. The van der Waals surface area contributed by atoms with Crippen molar-refractivity contribution >= 4 is 17.7 Å². The molecule has 0 radical (unpaired) electrons. The average Bonchev–Trinajstić information content (AvgIpc) is 2.66. The highest BCUT2D eigenvalue weighted by molar-refractivity contribution is 7.99. The Morgan fingerprint density at radius 2 is 2.29 bits per heavy atom. The minimum atomic E-state index is -0.0287. The lowest BCUT2D eigenvalue weighted by Crippen LogP contribution is -2.27. The van der Waals surface area contributed by atoms with Gasteiger partial charge in [0.15, 0.2) is 0 Å². The van der Waals surface area contributed by atoms with Gasteiger partial charge in [0.2, 0.25) is 0 Å². The zero-order chi connectivity index (χ0) is 12.7. The topological polar surface area (TPSA) is 46.9 Å². The number of hydrogen-bond donors (Lipinski definition) is 1. The monoisotopic (exact) mass is 255 g/mol. The normalized spacial score (nSPS) is 10.5. The molecule has 4 nitrogen and oxygen atoms in total. The molecule has 5 heteroatoms. The van der Waals surface area contributed by atoms with Gasteiger partial charge in [0.05, 0.1) is 5.69 Å². The Labute approximate surface area is 107 Å². The fourth-order valence-electron chi connectivity index (χ4n) is 1.59. The minimum Gasteiger partial charge on any atom is -0.350 e. The molecule has 0 aromatic carbocycles. The maximum Gasteiger partial charge on any atom is 0.269 e. The van der Waals surface area contributed by atoms with E-state index in [4.69, 9.17) is 0 Å². The number of aryl methyl sites for hydroxylation is 2. The van der Waals surface area contributed by atoms with Crippen LogP contribution in [0.3, 0.4) is 0 Å². The Kier molecular flexibility index (Phi) is 6.11. The molecule has 1 heterocycles. The summed E-state index contributed by atoms with van der Waals surface area (Å²) in [5.74, 6) is 2.02. The van der Waals surface area contributed by atoms with Crippen molar-refractivity contribution in [3.63, 3.8) is 0 Å². The van der Waals surface area contributed by atoms with Crippen LogP contribution in [-0.2, 0) is 13.5 Å². The van der Waals surface area contributed by atoms with Crippen LogP contribution in [0.2, 0.25) is 0 Å². The van der Waals surface area contributed by atoms with Crippen molar-refractivity contribution in [2.75, 3.05) is 18.1 Å². The van der Waals surface area contributed by atoms with E-state index in [0.29, 0.717) is 12.2 Å². The summed E-state index contributed by atoms with van der Waals surface area (Å²) in [5, 5.41) is 7.23. The SMILES string of the molecule is CCCc1cc(C(=O)NCCSCC)n(C)n1. The van der Waals surface area contributed by atoms with Crippen LogP contribution in [0.5, 0.6) is 0 Å². The van der Waals surface area contributed by atoms with E-state index in [9.17, 15) is 4.79 Å². The van der Waals surface area contributed by atoms with E-state index in [-0.39, 0.29) is 5.91 Å². The maximum absolute atomic E-state index is 11.9. The Morgan fingerprint density at radius 3 is 2.94 bits per heavy atom. The molecule has 1 N–H and O–H groups in total. The van der Waals surface area contributed by atoms with Gasteiger partial charge in [-0.15, -0.1) is 0 Å². The first-order chi connectivity index (χ1) is 8.19. The second kappa shape index (κ2) is 7.37. The molecule has 0 aliphatic rings. The number of carbonyl (C=O) groups excluding carboxylic acids is 1. The molecule has 0 aliphatic heterocycles. The molecule has 1 aromatic rings. The Balaban J connectivity index is 2.50. The minimum absolute atomic E-state index is 0.0287. The van der Waals surface area contributed by atoms with E-state index in [1.807, 2.05) is 24.9 Å². The van der Waals surface area contributed by atoms with Crippen molar-refractivity contribution in [1.29, 1.82) is 0 Å². The standard InChI is InChI=1S/C12H21N3OS/c1-4-6-10-9-11(15(3)14-10)12(16)13-7-8-17-5-2/h9H,4-8H2,1-3H3,(H,13,16). The van der Waals surface area contributed by atoms with E-state index in [1.54, 1.807) is 4.68 Å². The van der Waals surface area contributed by atoms with Gasteiger partial charge in [0.1, 0.15) is 5.69 Å². The molecular formula is C12H21N3OS. The van der Waals surface area contributed by atoms with Crippen LogP contribution < -0.4 is 5.32 Å². The van der Waals surface area contributed by atoms with Crippen molar-refractivity contribution in [3.05, 3.63) is 17.5 Å². The summed E-state index contributed by atoms with van der Waals surface area (Å²) in [6.07, 6.45) is 1.97. The first kappa shape index (κ1) is 14.1. The van der Waals surface area contributed by atoms with Crippen LogP contribution in [-0.4, -0.2) is 33.7 Å². The number of nitrogens with one attached hydrogen (secondary N) is 1. The molecule has 0 unspecified atom stereocenters. The zero-order valence-electron chi connectivity index (χ0n) is 10.8. The predicted molar refractivity (Wildman–Crippen MR) is 72.5 cm³/mol. The Morgan fingerprint density at radius 1 is 1.53 bits per heavy atom. The third kappa shape index (κ3) is 4.42. The molecule has 1 amide bonds. The summed E-state index contributed by atoms with van der Waals surface area (Å²) < 4.78 is 1.66. The van der Waals surface area contributed by atoms with E-state index in [0.717, 1.165) is 30.0 Å². The van der Waals surface area contributed by atoms with Crippen LogP contribution in [0, 0.1) is 0 Å². The van der Waals surface area contributed by atoms with Crippen molar-refractivity contribution in [3.8, 4) is 0 Å². The number of rotatable bonds is 7. The molecule has 0 bridgehead atoms. The van der Waals surface area contributed by atoms with Gasteiger partial charge < -0.3 is 5.32 Å². The summed E-state index contributed by atoms with van der Waals surface area (Å²) >= 11 is 1.83. The second-order valence-electron chi connectivity index (χ2n) is 3.85. The number of amides is 1. The lowest BCUT2D eigenvalue weighted by Gasteiger charge is -2.04. The quantitative estimate of drug-likeness (QED) is 0.756. The summed E-state index contributed by atoms with van der Waals surface area (Å²) in [7, 11) is 1.81. The molecular weight excluding hydrogens is 234 g/mol. The first-order valence-electron chi connectivity index (χ1n) is 6.07. The largest absolute Gasteiger partial charge is 0.350 e. The Hall–Kier alpha value is -0.970. The van der Waals surface area contributed by atoms with Gasteiger partial charge >= 0.3 is 0 Å². The van der Waals surface area contributed by atoms with Crippen LogP contribution >= 0.6 is 11.8 Å². The lowest BCUT2D eigenvalue weighted by molar-refractivity contribution is 0.0947. The van der Waals surface area contributed by atoms with E-state index >= 15 is 0 Å². The van der Waals surface area contributed by atoms with Crippen LogP contribution in [0.4, 0.5) is 0 Å². The first-order valence-corrected chi connectivity index (χ1v) is 7.23. The summed E-state index contributed by atoms with van der Waals surface area (Å²) in [5.41, 5.74) is 1.64. The Bertz CT molecular complexity index is 363. The second-order valence-corrected chi connectivity index (χ2v) is 5.24. The fourth-order valence-corrected chi connectivity index (χ4v) is 2.12. The molecule has 17 heavy (non-hydrogen) atoms. The number of aromatic nitrogens is 2. The number of nitrogens with zero attached hydrogens (tertiary/aromatic N) is 2. The summed E-state index contributed by atoms with van der Waals surface area (Å²) in [6, 6.07) is 1.88. The number of carbonyl (C=O) groups is 1.